The Morgan fingerprint density at radius 1 is 1.30 bits per heavy atom. The fourth-order valence-corrected chi connectivity index (χ4v) is 4.07. The van der Waals surface area contributed by atoms with E-state index in [1.54, 1.807) is 10.7 Å². The molecule has 27 heavy (non-hydrogen) atoms. The number of fused-ring (bicyclic) bond motifs is 3. The van der Waals surface area contributed by atoms with Crippen molar-refractivity contribution in [2.24, 2.45) is 0 Å². The molecule has 0 fully saturated rings. The van der Waals surface area contributed by atoms with E-state index in [0.717, 1.165) is 17.9 Å². The molecule has 1 aromatic carbocycles. The Hall–Kier alpha value is -2.47. The molecule has 3 aromatic rings. The van der Waals surface area contributed by atoms with Crippen molar-refractivity contribution >= 4 is 23.3 Å². The van der Waals surface area contributed by atoms with Crippen LogP contribution in [0.4, 0.5) is 0 Å². The van der Waals surface area contributed by atoms with Crippen molar-refractivity contribution in [3.05, 3.63) is 65.5 Å². The molecule has 0 radical (unpaired) electrons. The second kappa shape index (κ2) is 7.27. The number of ketones is 1. The summed E-state index contributed by atoms with van der Waals surface area (Å²) in [4.78, 5) is 21.5. The summed E-state index contributed by atoms with van der Waals surface area (Å²) in [5.74, 6) is 2.07. The Morgan fingerprint density at radius 3 is 2.78 bits per heavy atom. The van der Waals surface area contributed by atoms with Crippen molar-refractivity contribution in [3.63, 3.8) is 0 Å². The fraction of sp³-hybridized carbons (Fsp3) is 0.333. The third-order valence-electron chi connectivity index (χ3n) is 5.02. The summed E-state index contributed by atoms with van der Waals surface area (Å²) in [5.41, 5.74) is 4.09. The summed E-state index contributed by atoms with van der Waals surface area (Å²) in [6.07, 6.45) is 4.74. The predicted octanol–water partition coefficient (Wildman–Crippen LogP) is 4.44. The topological polar surface area (TPSA) is 60.1 Å². The van der Waals surface area contributed by atoms with Gasteiger partial charge in [-0.15, -0.1) is 11.7 Å². The van der Waals surface area contributed by atoms with Crippen LogP contribution in [-0.4, -0.2) is 31.1 Å². The van der Waals surface area contributed by atoms with Gasteiger partial charge in [0.25, 0.3) is 5.78 Å². The maximum atomic E-state index is 12.7. The molecule has 0 spiro atoms. The van der Waals surface area contributed by atoms with Crippen LogP contribution in [0.15, 0.2) is 48.3 Å². The van der Waals surface area contributed by atoms with E-state index in [9.17, 15) is 4.79 Å². The van der Waals surface area contributed by atoms with Gasteiger partial charge in [0.15, 0.2) is 5.78 Å². The quantitative estimate of drug-likeness (QED) is 0.485. The number of thioether (sulfide) groups is 1. The fourth-order valence-electron chi connectivity index (χ4n) is 3.51. The summed E-state index contributed by atoms with van der Waals surface area (Å²) in [5, 5.41) is 5.23. The average molecular weight is 379 g/mol. The molecule has 0 N–H and O–H groups in total. The minimum atomic E-state index is 0.124. The van der Waals surface area contributed by atoms with Crippen LogP contribution >= 0.6 is 11.8 Å². The Kier molecular flexibility index (Phi) is 4.83. The number of benzene rings is 1. The molecule has 2 aromatic heterocycles. The van der Waals surface area contributed by atoms with Crippen LogP contribution in [0.5, 0.6) is 0 Å². The van der Waals surface area contributed by atoms with Crippen LogP contribution in [0.3, 0.4) is 0 Å². The third kappa shape index (κ3) is 3.41. The molecule has 1 unspecified atom stereocenters. The number of carbonyl (C=O) groups is 1. The highest BCUT2D eigenvalue weighted by atomic mass is 32.2. The maximum Gasteiger partial charge on any atom is 0.253 e. The molecule has 1 atom stereocenters. The van der Waals surface area contributed by atoms with E-state index < -0.39 is 0 Å². The molecule has 1 aliphatic carbocycles. The molecule has 138 valence electrons. The van der Waals surface area contributed by atoms with Crippen LogP contribution in [0, 0.1) is 0 Å². The minimum Gasteiger partial charge on any atom is -0.294 e. The molecular formula is C21H22N4OS. The Balaban J connectivity index is 1.70. The summed E-state index contributed by atoms with van der Waals surface area (Å²) in [6.45, 7) is 8.10. The standard InChI is InChI=1S/C21H22N4OS/c1-4-9-27-21-23-20-22-12-17-18(25(20)24-21)10-16(11-19(17)26)15-7-5-14(6-8-15)13(2)3/h4-8,12-13,16H,1,9-11H2,2-3H3. The highest BCUT2D eigenvalue weighted by Gasteiger charge is 2.29. The number of carbonyl (C=O) groups excluding carboxylic acids is 1. The van der Waals surface area contributed by atoms with Gasteiger partial charge in [-0.3, -0.25) is 4.79 Å². The summed E-state index contributed by atoms with van der Waals surface area (Å²) in [6, 6.07) is 8.65. The number of hydrogen-bond donors (Lipinski definition) is 0. The van der Waals surface area contributed by atoms with Crippen molar-refractivity contribution in [3.8, 4) is 0 Å². The van der Waals surface area contributed by atoms with Gasteiger partial charge in [0.1, 0.15) is 0 Å². The monoisotopic (exact) mass is 378 g/mol. The van der Waals surface area contributed by atoms with Crippen molar-refractivity contribution < 1.29 is 4.79 Å². The molecule has 4 rings (SSSR count). The smallest absolute Gasteiger partial charge is 0.253 e. The van der Waals surface area contributed by atoms with Crippen LogP contribution in [0.1, 0.15) is 59.3 Å². The molecule has 0 saturated heterocycles. The summed E-state index contributed by atoms with van der Waals surface area (Å²) >= 11 is 1.51. The summed E-state index contributed by atoms with van der Waals surface area (Å²) in [7, 11) is 0. The first-order valence-electron chi connectivity index (χ1n) is 9.18. The van der Waals surface area contributed by atoms with Gasteiger partial charge in [0, 0.05) is 18.4 Å². The lowest BCUT2D eigenvalue weighted by molar-refractivity contribution is 0.0962. The SMILES string of the molecule is C=CCSc1nc2ncc3c(n2n1)CC(c1ccc(C(C)C)cc1)CC3=O. The van der Waals surface area contributed by atoms with E-state index >= 15 is 0 Å². The van der Waals surface area contributed by atoms with Gasteiger partial charge >= 0.3 is 0 Å². The maximum absolute atomic E-state index is 12.7. The number of nitrogens with zero attached hydrogens (tertiary/aromatic N) is 4. The van der Waals surface area contributed by atoms with Gasteiger partial charge in [0.05, 0.1) is 11.3 Å². The summed E-state index contributed by atoms with van der Waals surface area (Å²) < 4.78 is 1.74. The van der Waals surface area contributed by atoms with E-state index in [0.29, 0.717) is 28.8 Å². The van der Waals surface area contributed by atoms with Gasteiger partial charge in [-0.2, -0.15) is 9.50 Å². The molecule has 0 bridgehead atoms. The van der Waals surface area contributed by atoms with Crippen LogP contribution in [-0.2, 0) is 6.42 Å². The van der Waals surface area contributed by atoms with Gasteiger partial charge in [-0.25, -0.2) is 4.98 Å². The lowest BCUT2D eigenvalue weighted by atomic mass is 9.81. The first-order chi connectivity index (χ1) is 13.1. The van der Waals surface area contributed by atoms with Crippen LogP contribution < -0.4 is 0 Å². The van der Waals surface area contributed by atoms with Crippen molar-refractivity contribution in [2.75, 3.05) is 5.75 Å². The molecule has 0 amide bonds. The Bertz CT molecular complexity index is 1010. The van der Waals surface area contributed by atoms with E-state index in [1.165, 1.54) is 22.9 Å². The van der Waals surface area contributed by atoms with E-state index in [2.05, 4.69) is 59.8 Å². The van der Waals surface area contributed by atoms with Crippen molar-refractivity contribution in [1.82, 2.24) is 19.6 Å². The number of aromatic nitrogens is 4. The number of hydrogen-bond acceptors (Lipinski definition) is 5. The molecule has 0 aliphatic heterocycles. The highest BCUT2D eigenvalue weighted by Crippen LogP contribution is 2.33. The zero-order valence-corrected chi connectivity index (χ0v) is 16.4. The average Bonchev–Trinajstić information content (AvgIpc) is 3.10. The minimum absolute atomic E-state index is 0.124. The highest BCUT2D eigenvalue weighted by molar-refractivity contribution is 7.99. The van der Waals surface area contributed by atoms with Crippen LogP contribution in [0.2, 0.25) is 0 Å². The largest absolute Gasteiger partial charge is 0.294 e. The van der Waals surface area contributed by atoms with Gasteiger partial charge in [0.2, 0.25) is 5.16 Å². The molecule has 2 heterocycles. The molecular weight excluding hydrogens is 356 g/mol. The lowest BCUT2D eigenvalue weighted by Crippen LogP contribution is -2.22. The van der Waals surface area contributed by atoms with Crippen molar-refractivity contribution in [2.45, 2.75) is 43.7 Å². The normalized spacial score (nSPS) is 16.7. The predicted molar refractivity (Wildman–Crippen MR) is 108 cm³/mol. The second-order valence-electron chi connectivity index (χ2n) is 7.17. The third-order valence-corrected chi connectivity index (χ3v) is 5.86. The second-order valence-corrected chi connectivity index (χ2v) is 8.16. The lowest BCUT2D eigenvalue weighted by Gasteiger charge is -2.24. The van der Waals surface area contributed by atoms with E-state index in [1.807, 2.05) is 6.08 Å². The number of rotatable bonds is 5. The molecule has 5 nitrogen and oxygen atoms in total. The zero-order chi connectivity index (χ0) is 19.0. The first-order valence-corrected chi connectivity index (χ1v) is 10.2. The van der Waals surface area contributed by atoms with Crippen LogP contribution in [0.25, 0.3) is 5.78 Å². The zero-order valence-electron chi connectivity index (χ0n) is 15.6. The molecule has 6 heteroatoms. The van der Waals surface area contributed by atoms with Gasteiger partial charge < -0.3 is 0 Å². The van der Waals surface area contributed by atoms with Gasteiger partial charge in [-0.05, 0) is 29.4 Å². The number of Topliss-reactive ketones (excluding diaryl/α,β-unsaturated/α-hetero) is 1. The van der Waals surface area contributed by atoms with E-state index in [4.69, 9.17) is 0 Å². The van der Waals surface area contributed by atoms with E-state index in [-0.39, 0.29) is 11.7 Å². The van der Waals surface area contributed by atoms with Gasteiger partial charge in [-0.1, -0.05) is 56.0 Å². The molecule has 0 saturated carbocycles. The molecule has 1 aliphatic rings. The Labute approximate surface area is 162 Å². The van der Waals surface area contributed by atoms with Crippen molar-refractivity contribution in [1.29, 1.82) is 0 Å². The first kappa shape index (κ1) is 17.9. The Morgan fingerprint density at radius 2 is 2.07 bits per heavy atom.